The van der Waals surface area contributed by atoms with Crippen molar-refractivity contribution < 1.29 is 14.0 Å². The van der Waals surface area contributed by atoms with E-state index in [4.69, 9.17) is 14.0 Å². The van der Waals surface area contributed by atoms with Gasteiger partial charge >= 0.3 is 0 Å². The number of methoxy groups -OCH3 is 2. The molecule has 0 bridgehead atoms. The molecule has 1 aromatic heterocycles. The van der Waals surface area contributed by atoms with E-state index in [0.29, 0.717) is 12.4 Å². The van der Waals surface area contributed by atoms with Crippen molar-refractivity contribution in [3.63, 3.8) is 0 Å². The van der Waals surface area contributed by atoms with Crippen molar-refractivity contribution in [2.45, 2.75) is 26.3 Å². The van der Waals surface area contributed by atoms with E-state index >= 15 is 0 Å². The highest BCUT2D eigenvalue weighted by Crippen LogP contribution is 2.25. The van der Waals surface area contributed by atoms with Crippen LogP contribution in [0.1, 0.15) is 23.9 Å². The zero-order valence-electron chi connectivity index (χ0n) is 19.4. The molecule has 0 fully saturated rings. The fourth-order valence-electron chi connectivity index (χ4n) is 3.35. The van der Waals surface area contributed by atoms with E-state index in [0.717, 1.165) is 53.8 Å². The molecule has 32 heavy (non-hydrogen) atoms. The maximum absolute atomic E-state index is 5.51. The lowest BCUT2D eigenvalue weighted by molar-refractivity contribution is 0.382. The lowest BCUT2D eigenvalue weighted by atomic mass is 10.1. The van der Waals surface area contributed by atoms with Gasteiger partial charge in [0.1, 0.15) is 11.5 Å². The number of ether oxygens (including phenoxy) is 2. The molecule has 0 amide bonds. The third kappa shape index (κ3) is 5.78. The molecule has 1 N–H and O–H groups in total. The highest BCUT2D eigenvalue weighted by molar-refractivity contribution is 5.79. The number of nitrogens with zero attached hydrogens (tertiary/aromatic N) is 4. The Morgan fingerprint density at radius 1 is 1.12 bits per heavy atom. The number of hydrogen-bond donors (Lipinski definition) is 1. The number of benzene rings is 2. The lowest BCUT2D eigenvalue weighted by Crippen LogP contribution is -2.39. The number of guanidine groups is 1. The predicted molar refractivity (Wildman–Crippen MR) is 125 cm³/mol. The van der Waals surface area contributed by atoms with Gasteiger partial charge in [0.15, 0.2) is 11.8 Å². The summed E-state index contributed by atoms with van der Waals surface area (Å²) >= 11 is 0. The third-order valence-electron chi connectivity index (χ3n) is 5.16. The van der Waals surface area contributed by atoms with Crippen LogP contribution in [0.2, 0.25) is 0 Å². The summed E-state index contributed by atoms with van der Waals surface area (Å²) in [5, 5.41) is 7.37. The molecule has 0 saturated heterocycles. The van der Waals surface area contributed by atoms with Crippen LogP contribution in [0, 0.1) is 0 Å². The Kier molecular flexibility index (Phi) is 8.08. The number of nitrogens with one attached hydrogen (secondary N) is 1. The number of aliphatic imine (C=N–C) groups is 1. The monoisotopic (exact) mass is 437 g/mol. The lowest BCUT2D eigenvalue weighted by Gasteiger charge is -2.23. The molecule has 0 unspecified atom stereocenters. The molecular weight excluding hydrogens is 406 g/mol. The van der Waals surface area contributed by atoms with Crippen LogP contribution in [0.25, 0.3) is 11.5 Å². The van der Waals surface area contributed by atoms with Crippen molar-refractivity contribution >= 4 is 5.96 Å². The zero-order valence-corrected chi connectivity index (χ0v) is 19.4. The van der Waals surface area contributed by atoms with Crippen LogP contribution < -0.4 is 14.8 Å². The highest BCUT2D eigenvalue weighted by atomic mass is 16.5. The number of aromatic nitrogens is 2. The molecule has 8 nitrogen and oxygen atoms in total. The molecule has 0 aliphatic heterocycles. The van der Waals surface area contributed by atoms with Crippen LogP contribution in [0.3, 0.4) is 0 Å². The highest BCUT2D eigenvalue weighted by Gasteiger charge is 2.12. The molecule has 0 aliphatic rings. The van der Waals surface area contributed by atoms with Gasteiger partial charge < -0.3 is 24.2 Å². The van der Waals surface area contributed by atoms with Gasteiger partial charge in [-0.05, 0) is 36.2 Å². The molecule has 1 heterocycles. The first-order chi connectivity index (χ1) is 15.6. The van der Waals surface area contributed by atoms with E-state index in [1.165, 1.54) is 5.56 Å². The van der Waals surface area contributed by atoms with Gasteiger partial charge in [-0.15, -0.1) is 0 Å². The predicted octanol–water partition coefficient (Wildman–Crippen LogP) is 3.57. The minimum absolute atomic E-state index is 0.558. The zero-order chi connectivity index (χ0) is 22.9. The average molecular weight is 438 g/mol. The van der Waals surface area contributed by atoms with Gasteiger partial charge in [0, 0.05) is 50.8 Å². The van der Waals surface area contributed by atoms with E-state index in [2.05, 4.69) is 37.5 Å². The van der Waals surface area contributed by atoms with Crippen LogP contribution in [0.4, 0.5) is 0 Å². The summed E-state index contributed by atoms with van der Waals surface area (Å²) in [6, 6.07) is 14.0. The normalized spacial score (nSPS) is 11.3. The second-order valence-corrected chi connectivity index (χ2v) is 7.32. The topological polar surface area (TPSA) is 85.0 Å². The Bertz CT molecular complexity index is 1030. The van der Waals surface area contributed by atoms with Crippen LogP contribution in [-0.4, -0.2) is 55.9 Å². The fourth-order valence-corrected chi connectivity index (χ4v) is 3.35. The van der Waals surface area contributed by atoms with Crippen LogP contribution >= 0.6 is 0 Å². The van der Waals surface area contributed by atoms with Crippen molar-refractivity contribution in [1.82, 2.24) is 20.4 Å². The number of aryl methyl sites for hydroxylation is 1. The molecule has 0 radical (unpaired) electrons. The van der Waals surface area contributed by atoms with E-state index in [1.54, 1.807) is 21.3 Å². The van der Waals surface area contributed by atoms with Gasteiger partial charge in [0.2, 0.25) is 0 Å². The molecular formula is C24H31N5O3. The van der Waals surface area contributed by atoms with Crippen LogP contribution in [0.5, 0.6) is 11.5 Å². The Morgan fingerprint density at radius 2 is 1.91 bits per heavy atom. The van der Waals surface area contributed by atoms with Crippen LogP contribution in [-0.2, 0) is 19.4 Å². The Labute approximate surface area is 189 Å². The van der Waals surface area contributed by atoms with Crippen molar-refractivity contribution in [3.05, 3.63) is 59.4 Å². The minimum Gasteiger partial charge on any atom is -0.497 e. The van der Waals surface area contributed by atoms with E-state index in [-0.39, 0.29) is 0 Å². The summed E-state index contributed by atoms with van der Waals surface area (Å²) in [5.74, 6) is 3.65. The minimum atomic E-state index is 0.558. The fraction of sp³-hybridized carbons (Fsp3) is 0.375. The van der Waals surface area contributed by atoms with Gasteiger partial charge in [-0.1, -0.05) is 24.2 Å². The number of rotatable bonds is 9. The Morgan fingerprint density at radius 3 is 2.53 bits per heavy atom. The molecule has 0 spiro atoms. The quantitative estimate of drug-likeness (QED) is 0.405. The van der Waals surface area contributed by atoms with Crippen molar-refractivity contribution in [2.24, 2.45) is 4.99 Å². The third-order valence-corrected chi connectivity index (χ3v) is 5.16. The Balaban J connectivity index is 1.54. The standard InChI is InChI=1S/C24H31N5O3/c1-6-22-27-23(32-28-22)18-9-7-17(8-10-18)13-14-26-24(25-2)29(3)16-19-11-12-20(30-4)15-21(19)31-5/h7-12,15H,6,13-14,16H2,1-5H3,(H,25,26). The molecule has 0 atom stereocenters. The first kappa shape index (κ1) is 23.1. The van der Waals surface area contributed by atoms with Gasteiger partial charge in [-0.2, -0.15) is 4.98 Å². The van der Waals surface area contributed by atoms with Crippen molar-refractivity contribution in [2.75, 3.05) is 34.9 Å². The summed E-state index contributed by atoms with van der Waals surface area (Å²) < 4.78 is 16.1. The molecule has 3 rings (SSSR count). The van der Waals surface area contributed by atoms with E-state index in [1.807, 2.05) is 44.3 Å². The largest absolute Gasteiger partial charge is 0.497 e. The summed E-state index contributed by atoms with van der Waals surface area (Å²) in [5.41, 5.74) is 3.20. The molecule has 0 saturated carbocycles. The van der Waals surface area contributed by atoms with Crippen molar-refractivity contribution in [1.29, 1.82) is 0 Å². The smallest absolute Gasteiger partial charge is 0.257 e. The summed E-state index contributed by atoms with van der Waals surface area (Å²) in [6.07, 6.45) is 1.62. The molecule has 2 aromatic carbocycles. The Hall–Kier alpha value is -3.55. The van der Waals surface area contributed by atoms with Crippen molar-refractivity contribution in [3.8, 4) is 23.0 Å². The van der Waals surface area contributed by atoms with Crippen LogP contribution in [0.15, 0.2) is 52.0 Å². The van der Waals surface area contributed by atoms with E-state index < -0.39 is 0 Å². The molecule has 0 aliphatic carbocycles. The second-order valence-electron chi connectivity index (χ2n) is 7.32. The van der Waals surface area contributed by atoms with Gasteiger partial charge in [0.25, 0.3) is 5.89 Å². The first-order valence-electron chi connectivity index (χ1n) is 10.6. The summed E-state index contributed by atoms with van der Waals surface area (Å²) in [6.45, 7) is 3.42. The first-order valence-corrected chi connectivity index (χ1v) is 10.6. The molecule has 170 valence electrons. The summed E-state index contributed by atoms with van der Waals surface area (Å²) in [4.78, 5) is 10.8. The average Bonchev–Trinajstić information content (AvgIpc) is 3.32. The number of hydrogen-bond acceptors (Lipinski definition) is 6. The summed E-state index contributed by atoms with van der Waals surface area (Å²) in [7, 11) is 7.10. The molecule has 8 heteroatoms. The molecule has 3 aromatic rings. The van der Waals surface area contributed by atoms with Gasteiger partial charge in [-0.25, -0.2) is 0 Å². The maximum Gasteiger partial charge on any atom is 0.257 e. The SMILES string of the molecule is CCc1noc(-c2ccc(CCNC(=NC)N(C)Cc3ccc(OC)cc3OC)cc2)n1. The van der Waals surface area contributed by atoms with Gasteiger partial charge in [-0.3, -0.25) is 4.99 Å². The second kappa shape index (κ2) is 11.2. The van der Waals surface area contributed by atoms with Gasteiger partial charge in [0.05, 0.1) is 14.2 Å². The van der Waals surface area contributed by atoms with E-state index in [9.17, 15) is 0 Å². The maximum atomic E-state index is 5.51.